The zero-order chi connectivity index (χ0) is 15.8. The first-order valence-corrected chi connectivity index (χ1v) is 8.06. The molecular formula is C15H26N2O3S. The lowest BCUT2D eigenvalue weighted by Gasteiger charge is -2.31. The van der Waals surface area contributed by atoms with E-state index in [2.05, 4.69) is 11.4 Å². The van der Waals surface area contributed by atoms with Crippen LogP contribution < -0.4 is 5.73 Å². The first-order chi connectivity index (χ1) is 9.99. The molecule has 6 heteroatoms. The predicted octanol–water partition coefficient (Wildman–Crippen LogP) is 2.07. The van der Waals surface area contributed by atoms with E-state index in [0.717, 1.165) is 6.42 Å². The molecule has 0 aromatic carbocycles. The molecule has 0 saturated carbocycles. The molecule has 0 unspecified atom stereocenters. The Labute approximate surface area is 131 Å². The molecule has 21 heavy (non-hydrogen) atoms. The molecule has 0 spiro atoms. The van der Waals surface area contributed by atoms with E-state index in [9.17, 15) is 4.79 Å². The monoisotopic (exact) mass is 314 g/mol. The molecule has 0 aliphatic rings. The van der Waals surface area contributed by atoms with Gasteiger partial charge in [-0.15, -0.1) is 0 Å². The van der Waals surface area contributed by atoms with Crippen LogP contribution in [-0.2, 0) is 20.7 Å². The first-order valence-electron chi connectivity index (χ1n) is 7.12. The fourth-order valence-corrected chi connectivity index (χ4v) is 2.88. The minimum atomic E-state index is -0.700. The zero-order valence-corrected chi connectivity index (χ0v) is 14.1. The van der Waals surface area contributed by atoms with Crippen LogP contribution in [0.1, 0.15) is 25.8 Å². The number of rotatable bonds is 9. The maximum atomic E-state index is 12.5. The van der Waals surface area contributed by atoms with Crippen molar-refractivity contribution in [2.45, 2.75) is 39.1 Å². The summed E-state index contributed by atoms with van der Waals surface area (Å²) in [5, 5.41) is 4.10. The predicted molar refractivity (Wildman–Crippen MR) is 85.0 cm³/mol. The molecule has 0 bridgehead atoms. The van der Waals surface area contributed by atoms with Crippen LogP contribution in [0.2, 0.25) is 0 Å². The molecule has 1 rings (SSSR count). The van der Waals surface area contributed by atoms with Gasteiger partial charge in [0, 0.05) is 20.8 Å². The number of amides is 1. The van der Waals surface area contributed by atoms with Crippen molar-refractivity contribution in [1.29, 1.82) is 0 Å². The summed E-state index contributed by atoms with van der Waals surface area (Å²) < 4.78 is 10.5. The van der Waals surface area contributed by atoms with Crippen molar-refractivity contribution in [1.82, 2.24) is 4.90 Å². The molecule has 1 heterocycles. The summed E-state index contributed by atoms with van der Waals surface area (Å²) in [5.74, 6) is 0.235. The molecule has 1 aromatic rings. The van der Waals surface area contributed by atoms with Gasteiger partial charge >= 0.3 is 0 Å². The van der Waals surface area contributed by atoms with Gasteiger partial charge in [0.15, 0.2) is 0 Å². The van der Waals surface area contributed by atoms with E-state index >= 15 is 0 Å². The lowest BCUT2D eigenvalue weighted by atomic mass is 10.0. The number of ether oxygens (including phenoxy) is 2. The van der Waals surface area contributed by atoms with Gasteiger partial charge in [0.25, 0.3) is 0 Å². The van der Waals surface area contributed by atoms with Crippen molar-refractivity contribution in [3.63, 3.8) is 0 Å². The summed E-state index contributed by atoms with van der Waals surface area (Å²) in [6, 6.07) is 1.52. The van der Waals surface area contributed by atoms with E-state index in [1.165, 1.54) is 19.8 Å². The van der Waals surface area contributed by atoms with Crippen LogP contribution in [0.4, 0.5) is 0 Å². The van der Waals surface area contributed by atoms with Gasteiger partial charge in [-0.1, -0.05) is 13.8 Å². The second-order valence-corrected chi connectivity index (χ2v) is 6.21. The van der Waals surface area contributed by atoms with Gasteiger partial charge in [-0.25, -0.2) is 0 Å². The first kappa shape index (κ1) is 18.1. The molecule has 0 aliphatic heterocycles. The molecule has 1 atom stereocenters. The number of carbonyl (C=O) groups is 1. The second-order valence-electron chi connectivity index (χ2n) is 5.43. The van der Waals surface area contributed by atoms with Gasteiger partial charge in [-0.05, 0) is 41.1 Å². The maximum absolute atomic E-state index is 12.5. The third-order valence-corrected chi connectivity index (χ3v) is 3.94. The SMILES string of the molecule is COC(OC)N(CCc1ccsc1)C(=O)[C@@H](N)CC(C)C. The topological polar surface area (TPSA) is 64.8 Å². The van der Waals surface area contributed by atoms with Gasteiger partial charge in [-0.3, -0.25) is 9.69 Å². The molecule has 0 radical (unpaired) electrons. The van der Waals surface area contributed by atoms with Crippen LogP contribution in [0.25, 0.3) is 0 Å². The van der Waals surface area contributed by atoms with Crippen LogP contribution in [0.15, 0.2) is 16.8 Å². The van der Waals surface area contributed by atoms with E-state index in [0.29, 0.717) is 18.9 Å². The van der Waals surface area contributed by atoms with Gasteiger partial charge < -0.3 is 15.2 Å². The Morgan fingerprint density at radius 2 is 2.05 bits per heavy atom. The number of nitrogens with zero attached hydrogens (tertiary/aromatic N) is 1. The highest BCUT2D eigenvalue weighted by atomic mass is 32.1. The van der Waals surface area contributed by atoms with Crippen molar-refractivity contribution in [3.8, 4) is 0 Å². The van der Waals surface area contributed by atoms with Gasteiger partial charge in [0.2, 0.25) is 12.3 Å². The smallest absolute Gasteiger partial charge is 0.243 e. The Morgan fingerprint density at radius 3 is 2.52 bits per heavy atom. The third kappa shape index (κ3) is 5.74. The zero-order valence-electron chi connectivity index (χ0n) is 13.2. The average Bonchev–Trinajstić information content (AvgIpc) is 2.95. The van der Waals surface area contributed by atoms with Crippen molar-refractivity contribution in [2.75, 3.05) is 20.8 Å². The number of nitrogens with two attached hydrogens (primary N) is 1. The number of hydrogen-bond acceptors (Lipinski definition) is 5. The summed E-state index contributed by atoms with van der Waals surface area (Å²) in [7, 11) is 3.04. The van der Waals surface area contributed by atoms with Gasteiger partial charge in [0.05, 0.1) is 6.04 Å². The molecular weight excluding hydrogens is 288 g/mol. The van der Waals surface area contributed by atoms with Crippen LogP contribution in [0.5, 0.6) is 0 Å². The lowest BCUT2D eigenvalue weighted by Crippen LogP contribution is -2.51. The molecule has 2 N–H and O–H groups in total. The summed E-state index contributed by atoms with van der Waals surface area (Å²) in [5.41, 5.74) is 7.21. The normalized spacial score (nSPS) is 12.9. The number of methoxy groups -OCH3 is 2. The molecule has 0 fully saturated rings. The van der Waals surface area contributed by atoms with E-state index in [1.807, 2.05) is 19.2 Å². The molecule has 120 valence electrons. The Balaban J connectivity index is 2.73. The fourth-order valence-electron chi connectivity index (χ4n) is 2.18. The quantitative estimate of drug-likeness (QED) is 0.709. The van der Waals surface area contributed by atoms with Crippen molar-refractivity contribution in [3.05, 3.63) is 22.4 Å². The van der Waals surface area contributed by atoms with Gasteiger partial charge in [0.1, 0.15) is 0 Å². The minimum absolute atomic E-state index is 0.132. The molecule has 1 amide bonds. The highest BCUT2D eigenvalue weighted by Crippen LogP contribution is 2.13. The number of thiophene rings is 1. The molecule has 0 saturated heterocycles. The summed E-state index contributed by atoms with van der Waals surface area (Å²) >= 11 is 1.64. The standard InChI is InChI=1S/C15H26N2O3S/c1-11(2)9-13(16)14(18)17(15(19-3)20-4)7-5-12-6-8-21-10-12/h6,8,10-11,13,15H,5,7,9,16H2,1-4H3/t13-/m0/s1. The van der Waals surface area contributed by atoms with E-state index in [1.54, 1.807) is 16.2 Å². The molecule has 1 aromatic heterocycles. The average molecular weight is 314 g/mol. The minimum Gasteiger partial charge on any atom is -0.339 e. The summed E-state index contributed by atoms with van der Waals surface area (Å²) in [6.07, 6.45) is 0.704. The fraction of sp³-hybridized carbons (Fsp3) is 0.667. The molecule has 5 nitrogen and oxygen atoms in total. The number of carbonyl (C=O) groups excluding carboxylic acids is 1. The third-order valence-electron chi connectivity index (χ3n) is 3.20. The van der Waals surface area contributed by atoms with Crippen LogP contribution in [0, 0.1) is 5.92 Å². The second kappa shape index (κ2) is 9.15. The van der Waals surface area contributed by atoms with Crippen molar-refractivity contribution in [2.24, 2.45) is 11.7 Å². The van der Waals surface area contributed by atoms with Crippen LogP contribution in [0.3, 0.4) is 0 Å². The van der Waals surface area contributed by atoms with Crippen molar-refractivity contribution < 1.29 is 14.3 Å². The Bertz CT molecular complexity index is 405. The maximum Gasteiger partial charge on any atom is 0.243 e. The highest BCUT2D eigenvalue weighted by Gasteiger charge is 2.28. The Kier molecular flexibility index (Phi) is 7.88. The van der Waals surface area contributed by atoms with Crippen LogP contribution in [-0.4, -0.2) is 44.0 Å². The van der Waals surface area contributed by atoms with E-state index in [-0.39, 0.29) is 5.91 Å². The summed E-state index contributed by atoms with van der Waals surface area (Å²) in [4.78, 5) is 14.1. The van der Waals surface area contributed by atoms with Gasteiger partial charge in [-0.2, -0.15) is 11.3 Å². The van der Waals surface area contributed by atoms with E-state index < -0.39 is 12.5 Å². The number of hydrogen-bond donors (Lipinski definition) is 1. The highest BCUT2D eigenvalue weighted by molar-refractivity contribution is 7.07. The lowest BCUT2D eigenvalue weighted by molar-refractivity contribution is -0.202. The summed E-state index contributed by atoms with van der Waals surface area (Å²) in [6.45, 7) is 4.62. The Hall–Kier alpha value is -0.950. The van der Waals surface area contributed by atoms with Crippen LogP contribution >= 0.6 is 11.3 Å². The Morgan fingerprint density at radius 1 is 1.38 bits per heavy atom. The van der Waals surface area contributed by atoms with Crippen molar-refractivity contribution >= 4 is 17.2 Å². The molecule has 0 aliphatic carbocycles. The largest absolute Gasteiger partial charge is 0.339 e. The van der Waals surface area contributed by atoms with E-state index in [4.69, 9.17) is 15.2 Å².